The van der Waals surface area contributed by atoms with E-state index in [9.17, 15) is 10.1 Å². The summed E-state index contributed by atoms with van der Waals surface area (Å²) >= 11 is 1.52. The van der Waals surface area contributed by atoms with Crippen molar-refractivity contribution in [3.8, 4) is 17.6 Å². The van der Waals surface area contributed by atoms with E-state index in [0.29, 0.717) is 17.2 Å². The lowest BCUT2D eigenvalue weighted by molar-refractivity contribution is -0.112. The van der Waals surface area contributed by atoms with E-state index in [1.54, 1.807) is 24.3 Å². The first-order valence-corrected chi connectivity index (χ1v) is 7.60. The third-order valence-electron chi connectivity index (χ3n) is 3.07. The van der Waals surface area contributed by atoms with Gasteiger partial charge in [-0.25, -0.2) is 0 Å². The summed E-state index contributed by atoms with van der Waals surface area (Å²) in [5.74, 6) is 0.575. The van der Waals surface area contributed by atoms with Crippen LogP contribution in [0.1, 0.15) is 9.75 Å². The summed E-state index contributed by atoms with van der Waals surface area (Å²) in [4.78, 5) is 14.3. The standard InChI is InChI=1S/C17H16N2O3S/c1-11-4-6-14(23-11)8-12(10-18)17(20)19-15-9-13(21-2)5-7-16(15)22-3/h4-9H,1-3H3,(H,19,20). The van der Waals surface area contributed by atoms with Gasteiger partial charge in [0, 0.05) is 15.8 Å². The molecule has 0 spiro atoms. The molecule has 2 rings (SSSR count). The van der Waals surface area contributed by atoms with Crippen LogP contribution in [0.15, 0.2) is 35.9 Å². The number of carbonyl (C=O) groups excluding carboxylic acids is 1. The van der Waals surface area contributed by atoms with Crippen molar-refractivity contribution in [1.82, 2.24) is 0 Å². The van der Waals surface area contributed by atoms with Gasteiger partial charge in [-0.3, -0.25) is 4.79 Å². The zero-order chi connectivity index (χ0) is 16.8. The summed E-state index contributed by atoms with van der Waals surface area (Å²) < 4.78 is 10.3. The van der Waals surface area contributed by atoms with E-state index in [4.69, 9.17) is 9.47 Å². The van der Waals surface area contributed by atoms with Crippen LogP contribution in [0.4, 0.5) is 5.69 Å². The number of hydrogen-bond donors (Lipinski definition) is 1. The largest absolute Gasteiger partial charge is 0.497 e. The third kappa shape index (κ3) is 4.11. The molecule has 5 nitrogen and oxygen atoms in total. The zero-order valence-corrected chi connectivity index (χ0v) is 13.9. The molecule has 0 radical (unpaired) electrons. The van der Waals surface area contributed by atoms with E-state index in [-0.39, 0.29) is 5.57 Å². The van der Waals surface area contributed by atoms with Gasteiger partial charge in [-0.05, 0) is 37.3 Å². The van der Waals surface area contributed by atoms with E-state index in [1.807, 2.05) is 25.1 Å². The van der Waals surface area contributed by atoms with Gasteiger partial charge < -0.3 is 14.8 Å². The fourth-order valence-corrected chi connectivity index (χ4v) is 2.74. The van der Waals surface area contributed by atoms with Crippen LogP contribution in [0.3, 0.4) is 0 Å². The molecule has 118 valence electrons. The Morgan fingerprint density at radius 2 is 2.04 bits per heavy atom. The lowest BCUT2D eigenvalue weighted by Gasteiger charge is -2.11. The monoisotopic (exact) mass is 328 g/mol. The highest BCUT2D eigenvalue weighted by Crippen LogP contribution is 2.29. The highest BCUT2D eigenvalue weighted by Gasteiger charge is 2.13. The molecular weight excluding hydrogens is 312 g/mol. The van der Waals surface area contributed by atoms with Crippen LogP contribution in [0.2, 0.25) is 0 Å². The van der Waals surface area contributed by atoms with Crippen LogP contribution < -0.4 is 14.8 Å². The minimum Gasteiger partial charge on any atom is -0.497 e. The van der Waals surface area contributed by atoms with Crippen LogP contribution in [-0.2, 0) is 4.79 Å². The number of rotatable bonds is 5. The van der Waals surface area contributed by atoms with E-state index in [1.165, 1.54) is 25.6 Å². The number of hydrogen-bond acceptors (Lipinski definition) is 5. The molecule has 2 aromatic rings. The van der Waals surface area contributed by atoms with Crippen molar-refractivity contribution in [3.63, 3.8) is 0 Å². The minimum absolute atomic E-state index is 0.0247. The van der Waals surface area contributed by atoms with Crippen molar-refractivity contribution in [2.75, 3.05) is 19.5 Å². The number of ether oxygens (including phenoxy) is 2. The number of nitrogens with zero attached hydrogens (tertiary/aromatic N) is 1. The number of nitrogens with one attached hydrogen (secondary N) is 1. The minimum atomic E-state index is -0.495. The molecule has 0 saturated carbocycles. The molecule has 6 heteroatoms. The Morgan fingerprint density at radius 3 is 2.61 bits per heavy atom. The Labute approximate surface area is 138 Å². The van der Waals surface area contributed by atoms with Crippen LogP contribution >= 0.6 is 11.3 Å². The van der Waals surface area contributed by atoms with Crippen molar-refractivity contribution in [2.24, 2.45) is 0 Å². The topological polar surface area (TPSA) is 71.3 Å². The van der Waals surface area contributed by atoms with Crippen molar-refractivity contribution < 1.29 is 14.3 Å². The Bertz CT molecular complexity index is 787. The summed E-state index contributed by atoms with van der Waals surface area (Å²) in [5, 5.41) is 11.9. The fourth-order valence-electron chi connectivity index (χ4n) is 1.92. The molecule has 0 aliphatic heterocycles. The number of anilines is 1. The Hall–Kier alpha value is -2.78. The SMILES string of the molecule is COc1ccc(OC)c(NC(=O)C(C#N)=Cc2ccc(C)s2)c1. The van der Waals surface area contributed by atoms with Crippen LogP contribution in [0.5, 0.6) is 11.5 Å². The van der Waals surface area contributed by atoms with Gasteiger partial charge in [0.15, 0.2) is 0 Å². The second kappa shape index (κ2) is 7.47. The van der Waals surface area contributed by atoms with Gasteiger partial charge in [0.2, 0.25) is 0 Å². The number of aryl methyl sites for hydroxylation is 1. The summed E-state index contributed by atoms with van der Waals surface area (Å²) in [7, 11) is 3.04. The van der Waals surface area contributed by atoms with E-state index in [0.717, 1.165) is 9.75 Å². The summed E-state index contributed by atoms with van der Waals surface area (Å²) in [5.41, 5.74) is 0.470. The highest BCUT2D eigenvalue weighted by molar-refractivity contribution is 7.12. The summed E-state index contributed by atoms with van der Waals surface area (Å²) in [6.07, 6.45) is 1.57. The first-order chi connectivity index (χ1) is 11.1. The van der Waals surface area contributed by atoms with Gasteiger partial charge in [-0.2, -0.15) is 5.26 Å². The number of thiophene rings is 1. The second-order valence-electron chi connectivity index (χ2n) is 4.64. The quantitative estimate of drug-likeness (QED) is 0.672. The molecule has 0 bridgehead atoms. The highest BCUT2D eigenvalue weighted by atomic mass is 32.1. The van der Waals surface area contributed by atoms with Crippen LogP contribution in [0.25, 0.3) is 6.08 Å². The van der Waals surface area contributed by atoms with Crippen molar-refractivity contribution in [1.29, 1.82) is 5.26 Å². The van der Waals surface area contributed by atoms with Crippen molar-refractivity contribution in [3.05, 3.63) is 45.7 Å². The average Bonchev–Trinajstić information content (AvgIpc) is 2.97. The number of benzene rings is 1. The molecule has 1 aromatic carbocycles. The smallest absolute Gasteiger partial charge is 0.266 e. The Morgan fingerprint density at radius 1 is 1.26 bits per heavy atom. The van der Waals surface area contributed by atoms with E-state index >= 15 is 0 Å². The molecule has 1 heterocycles. The predicted octanol–water partition coefficient (Wildman–Crippen LogP) is 3.62. The predicted molar refractivity (Wildman–Crippen MR) is 90.8 cm³/mol. The first-order valence-electron chi connectivity index (χ1n) is 6.79. The number of methoxy groups -OCH3 is 2. The lowest BCUT2D eigenvalue weighted by atomic mass is 10.2. The molecule has 0 aliphatic carbocycles. The van der Waals surface area contributed by atoms with Crippen molar-refractivity contribution in [2.45, 2.75) is 6.92 Å². The maximum absolute atomic E-state index is 12.3. The molecule has 23 heavy (non-hydrogen) atoms. The summed E-state index contributed by atoms with van der Waals surface area (Å²) in [6.45, 7) is 1.97. The molecule has 0 unspecified atom stereocenters. The Kier molecular flexibility index (Phi) is 5.39. The first kappa shape index (κ1) is 16.6. The van der Waals surface area contributed by atoms with Gasteiger partial charge in [0.25, 0.3) is 5.91 Å². The second-order valence-corrected chi connectivity index (χ2v) is 5.96. The molecular formula is C17H16N2O3S. The van der Waals surface area contributed by atoms with Gasteiger partial charge in [-0.15, -0.1) is 11.3 Å². The van der Waals surface area contributed by atoms with Gasteiger partial charge in [0.1, 0.15) is 23.1 Å². The van der Waals surface area contributed by atoms with Crippen LogP contribution in [0, 0.1) is 18.3 Å². The molecule has 1 aromatic heterocycles. The molecule has 0 aliphatic rings. The molecule has 0 saturated heterocycles. The van der Waals surface area contributed by atoms with Gasteiger partial charge >= 0.3 is 0 Å². The number of nitriles is 1. The number of carbonyl (C=O) groups is 1. The van der Waals surface area contributed by atoms with Gasteiger partial charge in [0.05, 0.1) is 19.9 Å². The maximum atomic E-state index is 12.3. The molecule has 0 atom stereocenters. The maximum Gasteiger partial charge on any atom is 0.266 e. The molecule has 1 amide bonds. The van der Waals surface area contributed by atoms with Gasteiger partial charge in [-0.1, -0.05) is 0 Å². The molecule has 1 N–H and O–H groups in total. The average molecular weight is 328 g/mol. The normalized spacial score (nSPS) is 10.8. The lowest BCUT2D eigenvalue weighted by Crippen LogP contribution is -2.14. The zero-order valence-electron chi connectivity index (χ0n) is 13.0. The Balaban J connectivity index is 2.26. The fraction of sp³-hybridized carbons (Fsp3) is 0.176. The summed E-state index contributed by atoms with van der Waals surface area (Å²) in [6, 6.07) is 10.8. The van der Waals surface area contributed by atoms with Crippen LogP contribution in [-0.4, -0.2) is 20.1 Å². The third-order valence-corrected chi connectivity index (χ3v) is 4.02. The van der Waals surface area contributed by atoms with E-state index in [2.05, 4.69) is 5.32 Å². The number of amides is 1. The van der Waals surface area contributed by atoms with E-state index < -0.39 is 5.91 Å². The molecule has 0 fully saturated rings. The van der Waals surface area contributed by atoms with Crippen molar-refractivity contribution >= 4 is 29.0 Å².